The number of hydrogen-bond donors (Lipinski definition) is 1. The Morgan fingerprint density at radius 3 is 2.84 bits per heavy atom. The van der Waals surface area contributed by atoms with Crippen LogP contribution in [-0.2, 0) is 0 Å². The SMILES string of the molecule is Cc1cc(C#N)cc(C(=O)Nc2cccc(F)c2)n1. The lowest BCUT2D eigenvalue weighted by Gasteiger charge is -2.05. The molecular weight excluding hydrogens is 245 g/mol. The molecule has 0 radical (unpaired) electrons. The minimum absolute atomic E-state index is 0.126. The number of carbonyl (C=O) groups excluding carboxylic acids is 1. The number of rotatable bonds is 2. The number of anilines is 1. The molecule has 1 amide bonds. The van der Waals surface area contributed by atoms with Gasteiger partial charge in [-0.25, -0.2) is 9.37 Å². The zero-order valence-electron chi connectivity index (χ0n) is 10.1. The average molecular weight is 255 g/mol. The zero-order chi connectivity index (χ0) is 13.8. The van der Waals surface area contributed by atoms with Gasteiger partial charge in [0.15, 0.2) is 0 Å². The van der Waals surface area contributed by atoms with E-state index in [4.69, 9.17) is 5.26 Å². The van der Waals surface area contributed by atoms with Gasteiger partial charge in [-0.2, -0.15) is 5.26 Å². The van der Waals surface area contributed by atoms with Crippen LogP contribution >= 0.6 is 0 Å². The first-order valence-corrected chi connectivity index (χ1v) is 5.54. The number of carbonyl (C=O) groups is 1. The minimum atomic E-state index is -0.481. The highest BCUT2D eigenvalue weighted by Gasteiger charge is 2.10. The predicted molar refractivity (Wildman–Crippen MR) is 68.0 cm³/mol. The van der Waals surface area contributed by atoms with Crippen LogP contribution in [0.15, 0.2) is 36.4 Å². The third-order valence-corrected chi connectivity index (χ3v) is 2.40. The van der Waals surface area contributed by atoms with E-state index in [1.165, 1.54) is 24.3 Å². The fourth-order valence-electron chi connectivity index (χ4n) is 1.61. The first-order valence-electron chi connectivity index (χ1n) is 5.54. The van der Waals surface area contributed by atoms with E-state index in [0.717, 1.165) is 0 Å². The Kier molecular flexibility index (Phi) is 3.53. The van der Waals surface area contributed by atoms with Gasteiger partial charge in [-0.3, -0.25) is 4.79 Å². The second-order valence-electron chi connectivity index (χ2n) is 3.96. The van der Waals surface area contributed by atoms with Crippen molar-refractivity contribution in [1.29, 1.82) is 5.26 Å². The lowest BCUT2D eigenvalue weighted by molar-refractivity contribution is 0.102. The summed E-state index contributed by atoms with van der Waals surface area (Å²) in [4.78, 5) is 16.0. The van der Waals surface area contributed by atoms with Crippen LogP contribution in [0.1, 0.15) is 21.7 Å². The second-order valence-corrected chi connectivity index (χ2v) is 3.96. The van der Waals surface area contributed by atoms with E-state index in [-0.39, 0.29) is 5.69 Å². The van der Waals surface area contributed by atoms with Gasteiger partial charge in [0.05, 0.1) is 11.6 Å². The largest absolute Gasteiger partial charge is 0.321 e. The van der Waals surface area contributed by atoms with Gasteiger partial charge in [0.2, 0.25) is 0 Å². The molecule has 94 valence electrons. The normalized spacial score (nSPS) is 9.74. The predicted octanol–water partition coefficient (Wildman–Crippen LogP) is 2.65. The molecule has 0 aliphatic rings. The number of nitriles is 1. The lowest BCUT2D eigenvalue weighted by Crippen LogP contribution is -2.14. The molecule has 0 saturated carbocycles. The van der Waals surface area contributed by atoms with Crippen LogP contribution in [0, 0.1) is 24.1 Å². The Morgan fingerprint density at radius 2 is 2.16 bits per heavy atom. The van der Waals surface area contributed by atoms with Crippen molar-refractivity contribution in [2.45, 2.75) is 6.92 Å². The van der Waals surface area contributed by atoms with Gasteiger partial charge < -0.3 is 5.32 Å². The molecule has 1 aromatic carbocycles. The number of aryl methyl sites for hydroxylation is 1. The van der Waals surface area contributed by atoms with Crippen molar-refractivity contribution in [2.75, 3.05) is 5.32 Å². The van der Waals surface area contributed by atoms with Gasteiger partial charge in [-0.05, 0) is 37.3 Å². The quantitative estimate of drug-likeness (QED) is 0.897. The summed E-state index contributed by atoms with van der Waals surface area (Å²) in [6.45, 7) is 1.69. The summed E-state index contributed by atoms with van der Waals surface area (Å²) in [5.74, 6) is -0.918. The maximum atomic E-state index is 13.0. The van der Waals surface area contributed by atoms with Crippen molar-refractivity contribution < 1.29 is 9.18 Å². The van der Waals surface area contributed by atoms with Gasteiger partial charge >= 0.3 is 0 Å². The molecule has 0 saturated heterocycles. The monoisotopic (exact) mass is 255 g/mol. The summed E-state index contributed by atoms with van der Waals surface area (Å²) in [5, 5.41) is 11.4. The van der Waals surface area contributed by atoms with Crippen LogP contribution in [0.4, 0.5) is 10.1 Å². The van der Waals surface area contributed by atoms with Gasteiger partial charge in [-0.1, -0.05) is 6.07 Å². The molecule has 0 fully saturated rings. The Hall–Kier alpha value is -2.74. The summed E-state index contributed by atoms with van der Waals surface area (Å²) < 4.78 is 13.0. The molecule has 1 aromatic heterocycles. The molecule has 4 nitrogen and oxygen atoms in total. The molecule has 1 N–H and O–H groups in total. The molecule has 2 aromatic rings. The molecule has 0 aliphatic heterocycles. The van der Waals surface area contributed by atoms with E-state index in [0.29, 0.717) is 16.9 Å². The molecule has 2 rings (SSSR count). The van der Waals surface area contributed by atoms with E-state index in [1.54, 1.807) is 19.1 Å². The van der Waals surface area contributed by atoms with Gasteiger partial charge in [0.25, 0.3) is 5.91 Å². The number of halogens is 1. The number of hydrogen-bond acceptors (Lipinski definition) is 3. The topological polar surface area (TPSA) is 65.8 Å². The minimum Gasteiger partial charge on any atom is -0.321 e. The average Bonchev–Trinajstić information content (AvgIpc) is 2.38. The maximum absolute atomic E-state index is 13.0. The number of nitrogens with zero attached hydrogens (tertiary/aromatic N) is 2. The van der Waals surface area contributed by atoms with Crippen molar-refractivity contribution in [2.24, 2.45) is 0 Å². The summed E-state index contributed by atoms with van der Waals surface area (Å²) in [6, 6.07) is 10.5. The van der Waals surface area contributed by atoms with Crippen LogP contribution in [0.3, 0.4) is 0 Å². The molecule has 5 heteroatoms. The van der Waals surface area contributed by atoms with Crippen LogP contribution in [0.2, 0.25) is 0 Å². The number of nitrogens with one attached hydrogen (secondary N) is 1. The van der Waals surface area contributed by atoms with Gasteiger partial charge in [0, 0.05) is 11.4 Å². The molecule has 0 aliphatic carbocycles. The molecule has 0 atom stereocenters. The fraction of sp³-hybridized carbons (Fsp3) is 0.0714. The van der Waals surface area contributed by atoms with Crippen LogP contribution in [-0.4, -0.2) is 10.9 Å². The smallest absolute Gasteiger partial charge is 0.274 e. The zero-order valence-corrected chi connectivity index (χ0v) is 10.1. The van der Waals surface area contributed by atoms with E-state index >= 15 is 0 Å². The van der Waals surface area contributed by atoms with E-state index < -0.39 is 11.7 Å². The van der Waals surface area contributed by atoms with Crippen LogP contribution < -0.4 is 5.32 Å². The van der Waals surface area contributed by atoms with E-state index in [2.05, 4.69) is 10.3 Å². The molecule has 0 spiro atoms. The molecule has 1 heterocycles. The summed E-state index contributed by atoms with van der Waals surface area (Å²) in [7, 11) is 0. The third kappa shape index (κ3) is 3.13. The molecule has 0 unspecified atom stereocenters. The van der Waals surface area contributed by atoms with Crippen molar-refractivity contribution in [1.82, 2.24) is 4.98 Å². The first kappa shape index (κ1) is 12.7. The van der Waals surface area contributed by atoms with Crippen molar-refractivity contribution in [3.8, 4) is 6.07 Å². The molecular formula is C14H10FN3O. The Morgan fingerprint density at radius 1 is 1.37 bits per heavy atom. The Bertz CT molecular complexity index is 677. The summed E-state index contributed by atoms with van der Waals surface area (Å²) in [6.07, 6.45) is 0. The van der Waals surface area contributed by atoms with Crippen LogP contribution in [0.5, 0.6) is 0 Å². The number of aromatic nitrogens is 1. The lowest BCUT2D eigenvalue weighted by atomic mass is 10.2. The highest BCUT2D eigenvalue weighted by Crippen LogP contribution is 2.11. The summed E-state index contributed by atoms with van der Waals surface area (Å²) >= 11 is 0. The van der Waals surface area contributed by atoms with Crippen molar-refractivity contribution in [3.63, 3.8) is 0 Å². The maximum Gasteiger partial charge on any atom is 0.274 e. The van der Waals surface area contributed by atoms with Gasteiger partial charge in [-0.15, -0.1) is 0 Å². The van der Waals surface area contributed by atoms with E-state index in [1.807, 2.05) is 6.07 Å². The Labute approximate surface area is 109 Å². The summed E-state index contributed by atoms with van der Waals surface area (Å²) in [5.41, 5.74) is 1.40. The molecule has 19 heavy (non-hydrogen) atoms. The highest BCUT2D eigenvalue weighted by molar-refractivity contribution is 6.03. The van der Waals surface area contributed by atoms with Crippen LogP contribution in [0.25, 0.3) is 0 Å². The Balaban J connectivity index is 2.25. The number of amides is 1. The fourth-order valence-corrected chi connectivity index (χ4v) is 1.61. The molecule has 0 bridgehead atoms. The van der Waals surface area contributed by atoms with E-state index in [9.17, 15) is 9.18 Å². The highest BCUT2D eigenvalue weighted by atomic mass is 19.1. The first-order chi connectivity index (χ1) is 9.08. The third-order valence-electron chi connectivity index (χ3n) is 2.40. The number of benzene rings is 1. The van der Waals surface area contributed by atoms with Gasteiger partial charge in [0.1, 0.15) is 11.5 Å². The van der Waals surface area contributed by atoms with Crippen molar-refractivity contribution in [3.05, 3.63) is 59.2 Å². The number of pyridine rings is 1. The second kappa shape index (κ2) is 5.27. The standard InChI is InChI=1S/C14H10FN3O/c1-9-5-10(8-16)6-13(17-9)14(19)18-12-4-2-3-11(15)7-12/h2-7H,1H3,(H,18,19). The van der Waals surface area contributed by atoms with Crippen molar-refractivity contribution >= 4 is 11.6 Å².